The molecule has 0 spiro atoms. The van der Waals surface area contributed by atoms with E-state index in [1.54, 1.807) is 6.92 Å². The molecule has 1 N–H and O–H groups in total. The Hall–Kier alpha value is -1.34. The molecule has 0 aliphatic carbocycles. The van der Waals surface area contributed by atoms with Gasteiger partial charge in [0.25, 0.3) is 0 Å². The van der Waals surface area contributed by atoms with Crippen molar-refractivity contribution >= 4 is 5.97 Å². The largest absolute Gasteiger partial charge is 0.462 e. The van der Waals surface area contributed by atoms with Crippen LogP contribution in [0.2, 0.25) is 0 Å². The molecule has 0 saturated carbocycles. The van der Waals surface area contributed by atoms with Crippen LogP contribution in [0.5, 0.6) is 0 Å². The lowest BCUT2D eigenvalue weighted by Crippen LogP contribution is -2.56. The first kappa shape index (κ1) is 14.7. The Morgan fingerprint density at radius 2 is 1.83 bits per heavy atom. The van der Waals surface area contributed by atoms with Gasteiger partial charge in [0.1, 0.15) is 11.6 Å². The third-order valence-corrected chi connectivity index (χ3v) is 2.93. The highest BCUT2D eigenvalue weighted by Crippen LogP contribution is 2.34. The van der Waals surface area contributed by atoms with Gasteiger partial charge in [-0.15, -0.1) is 0 Å². The van der Waals surface area contributed by atoms with E-state index in [9.17, 15) is 10.1 Å². The summed E-state index contributed by atoms with van der Waals surface area (Å²) >= 11 is 0. The molecular weight excluding hydrogens is 228 g/mol. The maximum Gasteiger partial charge on any atom is 0.348 e. The number of piperidine rings is 1. The molecule has 0 aromatic carbocycles. The zero-order chi connectivity index (χ0) is 14.0. The van der Waals surface area contributed by atoms with Crippen molar-refractivity contribution in [3.05, 3.63) is 11.1 Å². The van der Waals surface area contributed by atoms with E-state index in [1.807, 2.05) is 6.07 Å². The van der Waals surface area contributed by atoms with E-state index in [4.69, 9.17) is 4.74 Å². The number of nitriles is 1. The Balaban J connectivity index is 3.11. The van der Waals surface area contributed by atoms with Gasteiger partial charge in [-0.2, -0.15) is 5.26 Å². The van der Waals surface area contributed by atoms with E-state index in [2.05, 4.69) is 33.0 Å². The summed E-state index contributed by atoms with van der Waals surface area (Å²) in [6, 6.07) is 2.01. The molecule has 1 heterocycles. The number of carbonyl (C=O) groups is 1. The van der Waals surface area contributed by atoms with Crippen molar-refractivity contribution in [3.63, 3.8) is 0 Å². The van der Waals surface area contributed by atoms with Gasteiger partial charge in [0.05, 0.1) is 6.61 Å². The minimum absolute atomic E-state index is 0.119. The molecule has 0 bridgehead atoms. The summed E-state index contributed by atoms with van der Waals surface area (Å²) < 4.78 is 4.94. The van der Waals surface area contributed by atoms with Gasteiger partial charge in [0.2, 0.25) is 0 Å². The number of ether oxygens (including phenoxy) is 1. The fourth-order valence-electron chi connectivity index (χ4n) is 2.78. The monoisotopic (exact) mass is 250 g/mol. The first-order valence-corrected chi connectivity index (χ1v) is 6.29. The van der Waals surface area contributed by atoms with E-state index in [-0.39, 0.29) is 16.7 Å². The molecule has 0 atom stereocenters. The second-order valence-electron chi connectivity index (χ2n) is 6.06. The Morgan fingerprint density at radius 1 is 1.33 bits per heavy atom. The summed E-state index contributed by atoms with van der Waals surface area (Å²) in [4.78, 5) is 11.8. The lowest BCUT2D eigenvalue weighted by molar-refractivity contribution is -0.138. The summed E-state index contributed by atoms with van der Waals surface area (Å²) in [6.45, 7) is 10.3. The molecule has 0 aromatic rings. The van der Waals surface area contributed by atoms with Gasteiger partial charge >= 0.3 is 5.97 Å². The number of esters is 1. The predicted octanol–water partition coefficient (Wildman–Crippen LogP) is 2.31. The molecule has 18 heavy (non-hydrogen) atoms. The number of rotatable bonds is 2. The first-order valence-electron chi connectivity index (χ1n) is 6.29. The molecule has 100 valence electrons. The van der Waals surface area contributed by atoms with Crippen LogP contribution < -0.4 is 5.32 Å². The van der Waals surface area contributed by atoms with Crippen LogP contribution >= 0.6 is 0 Å². The quantitative estimate of drug-likeness (QED) is 0.464. The summed E-state index contributed by atoms with van der Waals surface area (Å²) in [5.74, 6) is -0.497. The Morgan fingerprint density at radius 3 is 2.22 bits per heavy atom. The van der Waals surface area contributed by atoms with Crippen molar-refractivity contribution in [1.29, 1.82) is 5.26 Å². The topological polar surface area (TPSA) is 62.1 Å². The molecule has 1 aliphatic heterocycles. The van der Waals surface area contributed by atoms with Crippen molar-refractivity contribution in [2.75, 3.05) is 6.61 Å². The van der Waals surface area contributed by atoms with Crippen LogP contribution in [-0.4, -0.2) is 23.7 Å². The molecule has 0 unspecified atom stereocenters. The van der Waals surface area contributed by atoms with Crippen LogP contribution in [0, 0.1) is 11.3 Å². The summed E-state index contributed by atoms with van der Waals surface area (Å²) in [5, 5.41) is 12.7. The molecule has 0 aromatic heterocycles. The first-order chi connectivity index (χ1) is 8.21. The summed E-state index contributed by atoms with van der Waals surface area (Å²) in [7, 11) is 0. The van der Waals surface area contributed by atoms with Crippen LogP contribution in [-0.2, 0) is 9.53 Å². The van der Waals surface area contributed by atoms with Crippen molar-refractivity contribution in [2.24, 2.45) is 0 Å². The number of hydrogen-bond acceptors (Lipinski definition) is 4. The van der Waals surface area contributed by atoms with E-state index in [0.29, 0.717) is 19.4 Å². The average Bonchev–Trinajstić information content (AvgIpc) is 2.13. The standard InChI is InChI=1S/C14H22N2O2/c1-6-18-12(17)11(9-15)10-7-13(2,3)16-14(4,5)8-10/h16H,6-8H2,1-5H3. The SMILES string of the molecule is CCOC(=O)C(C#N)=C1CC(C)(C)NC(C)(C)C1. The maximum absolute atomic E-state index is 11.8. The Bertz CT molecular complexity index is 396. The Labute approximate surface area is 109 Å². The van der Waals surface area contributed by atoms with Gasteiger partial charge in [-0.25, -0.2) is 4.79 Å². The highest BCUT2D eigenvalue weighted by atomic mass is 16.5. The molecule has 4 heteroatoms. The normalized spacial score (nSPS) is 21.0. The van der Waals surface area contributed by atoms with Crippen LogP contribution in [0.3, 0.4) is 0 Å². The molecule has 4 nitrogen and oxygen atoms in total. The van der Waals surface area contributed by atoms with Gasteiger partial charge in [0, 0.05) is 11.1 Å². The zero-order valence-electron chi connectivity index (χ0n) is 11.9. The smallest absolute Gasteiger partial charge is 0.348 e. The van der Waals surface area contributed by atoms with Crippen LogP contribution in [0.4, 0.5) is 0 Å². The highest BCUT2D eigenvalue weighted by Gasteiger charge is 2.37. The number of hydrogen-bond donors (Lipinski definition) is 1. The lowest BCUT2D eigenvalue weighted by Gasteiger charge is -2.44. The van der Waals surface area contributed by atoms with E-state index < -0.39 is 5.97 Å². The average molecular weight is 250 g/mol. The number of carbonyl (C=O) groups excluding carboxylic acids is 1. The van der Waals surface area contributed by atoms with Crippen molar-refractivity contribution in [3.8, 4) is 6.07 Å². The predicted molar refractivity (Wildman–Crippen MR) is 69.8 cm³/mol. The summed E-state index contributed by atoms with van der Waals surface area (Å²) in [5.41, 5.74) is 0.835. The van der Waals surface area contributed by atoms with Gasteiger partial charge in [-0.05, 0) is 53.0 Å². The van der Waals surface area contributed by atoms with E-state index in [1.165, 1.54) is 0 Å². The molecular formula is C14H22N2O2. The van der Waals surface area contributed by atoms with Crippen molar-refractivity contribution in [1.82, 2.24) is 5.32 Å². The Kier molecular flexibility index (Phi) is 4.18. The molecule has 1 rings (SSSR count). The maximum atomic E-state index is 11.8. The van der Waals surface area contributed by atoms with Crippen LogP contribution in [0.25, 0.3) is 0 Å². The molecule has 1 saturated heterocycles. The third kappa shape index (κ3) is 3.58. The lowest BCUT2D eigenvalue weighted by atomic mass is 9.78. The number of nitrogens with zero attached hydrogens (tertiary/aromatic N) is 1. The fourth-order valence-corrected chi connectivity index (χ4v) is 2.78. The van der Waals surface area contributed by atoms with Gasteiger partial charge in [0.15, 0.2) is 0 Å². The van der Waals surface area contributed by atoms with Gasteiger partial charge in [-0.1, -0.05) is 0 Å². The van der Waals surface area contributed by atoms with Crippen LogP contribution in [0.15, 0.2) is 11.1 Å². The molecule has 1 fully saturated rings. The fraction of sp³-hybridized carbons (Fsp3) is 0.714. The van der Waals surface area contributed by atoms with E-state index in [0.717, 1.165) is 5.57 Å². The van der Waals surface area contributed by atoms with Crippen molar-refractivity contribution < 1.29 is 9.53 Å². The second kappa shape index (κ2) is 5.11. The minimum atomic E-state index is -0.497. The molecule has 0 amide bonds. The number of nitrogens with one attached hydrogen (secondary N) is 1. The third-order valence-electron chi connectivity index (χ3n) is 2.93. The molecule has 1 aliphatic rings. The summed E-state index contributed by atoms with van der Waals surface area (Å²) in [6.07, 6.45) is 1.39. The second-order valence-corrected chi connectivity index (χ2v) is 6.06. The van der Waals surface area contributed by atoms with E-state index >= 15 is 0 Å². The van der Waals surface area contributed by atoms with Crippen LogP contribution in [0.1, 0.15) is 47.5 Å². The highest BCUT2D eigenvalue weighted by molar-refractivity contribution is 5.93. The zero-order valence-corrected chi connectivity index (χ0v) is 11.9. The molecule has 0 radical (unpaired) electrons. The van der Waals surface area contributed by atoms with Crippen molar-refractivity contribution in [2.45, 2.75) is 58.5 Å². The minimum Gasteiger partial charge on any atom is -0.462 e. The van der Waals surface area contributed by atoms with Gasteiger partial charge in [-0.3, -0.25) is 0 Å². The van der Waals surface area contributed by atoms with Gasteiger partial charge < -0.3 is 10.1 Å².